The van der Waals surface area contributed by atoms with Crippen molar-refractivity contribution in [3.8, 4) is 0 Å². The van der Waals surface area contributed by atoms with Crippen LogP contribution in [0.25, 0.3) is 11.0 Å². The average molecular weight is 280 g/mol. The predicted octanol–water partition coefficient (Wildman–Crippen LogP) is 3.67. The number of hydrogen-bond acceptors (Lipinski definition) is 3. The van der Waals surface area contributed by atoms with Gasteiger partial charge in [0, 0.05) is 18.0 Å². The summed E-state index contributed by atoms with van der Waals surface area (Å²) in [6, 6.07) is 12.9. The van der Waals surface area contributed by atoms with Gasteiger partial charge in [-0.1, -0.05) is 30.3 Å². The van der Waals surface area contributed by atoms with E-state index in [2.05, 4.69) is 59.6 Å². The van der Waals surface area contributed by atoms with E-state index in [-0.39, 0.29) is 0 Å². The average Bonchev–Trinajstić information content (AvgIpc) is 2.91. The molecule has 0 saturated carbocycles. The number of aromatic nitrogens is 3. The molecule has 0 amide bonds. The number of benzene rings is 1. The Bertz CT molecular complexity index is 716. The maximum Gasteiger partial charge on any atom is 0.158 e. The molecule has 0 fully saturated rings. The summed E-state index contributed by atoms with van der Waals surface area (Å²) >= 11 is 0. The molecule has 108 valence electrons. The van der Waals surface area contributed by atoms with Crippen molar-refractivity contribution in [1.29, 1.82) is 0 Å². The van der Waals surface area contributed by atoms with Crippen molar-refractivity contribution >= 4 is 16.7 Å². The molecule has 1 N–H and O–H groups in total. The van der Waals surface area contributed by atoms with E-state index in [9.17, 15) is 0 Å². The molecule has 4 heteroatoms. The maximum atomic E-state index is 4.53. The van der Waals surface area contributed by atoms with E-state index in [4.69, 9.17) is 0 Å². The number of rotatable bonds is 5. The summed E-state index contributed by atoms with van der Waals surface area (Å²) in [4.78, 5) is 4.53. The first-order valence-corrected chi connectivity index (χ1v) is 7.35. The number of nitrogens with one attached hydrogen (secondary N) is 1. The zero-order chi connectivity index (χ0) is 14.7. The number of nitrogens with zero attached hydrogens (tertiary/aromatic N) is 3. The fraction of sp³-hybridized carbons (Fsp3) is 0.294. The first-order valence-electron chi connectivity index (χ1n) is 7.35. The summed E-state index contributed by atoms with van der Waals surface area (Å²) in [5.41, 5.74) is 3.33. The van der Waals surface area contributed by atoms with E-state index >= 15 is 0 Å². The van der Waals surface area contributed by atoms with Crippen LogP contribution in [0.3, 0.4) is 0 Å². The first-order chi connectivity index (χ1) is 10.2. The number of pyridine rings is 1. The lowest BCUT2D eigenvalue weighted by molar-refractivity contribution is 0.546. The third kappa shape index (κ3) is 3.05. The Morgan fingerprint density at radius 1 is 1.14 bits per heavy atom. The first kappa shape index (κ1) is 13.6. The fourth-order valence-electron chi connectivity index (χ4n) is 2.41. The topological polar surface area (TPSA) is 42.7 Å². The van der Waals surface area contributed by atoms with Crippen LogP contribution in [0.4, 0.5) is 5.69 Å². The van der Waals surface area contributed by atoms with Crippen LogP contribution < -0.4 is 5.32 Å². The molecule has 1 aromatic carbocycles. The normalized spacial score (nSPS) is 11.2. The van der Waals surface area contributed by atoms with Gasteiger partial charge in [0.05, 0.1) is 18.1 Å². The van der Waals surface area contributed by atoms with E-state index in [0.29, 0.717) is 6.04 Å². The molecule has 0 saturated heterocycles. The largest absolute Gasteiger partial charge is 0.383 e. The molecule has 4 nitrogen and oxygen atoms in total. The predicted molar refractivity (Wildman–Crippen MR) is 86.5 cm³/mol. The quantitative estimate of drug-likeness (QED) is 0.775. The molecular formula is C17H20N4. The Balaban J connectivity index is 1.68. The molecule has 0 radical (unpaired) electrons. The van der Waals surface area contributed by atoms with Gasteiger partial charge >= 0.3 is 0 Å². The van der Waals surface area contributed by atoms with Crippen LogP contribution in [0.2, 0.25) is 0 Å². The van der Waals surface area contributed by atoms with Crippen LogP contribution in [0.15, 0.2) is 48.8 Å². The molecule has 2 aromatic heterocycles. The number of hydrogen-bond donors (Lipinski definition) is 1. The molecule has 0 unspecified atom stereocenters. The van der Waals surface area contributed by atoms with Crippen LogP contribution in [-0.2, 0) is 6.42 Å². The van der Waals surface area contributed by atoms with Crippen molar-refractivity contribution in [1.82, 2.24) is 14.8 Å². The van der Waals surface area contributed by atoms with Gasteiger partial charge in [0.15, 0.2) is 5.65 Å². The maximum absolute atomic E-state index is 4.53. The molecule has 2 heterocycles. The van der Waals surface area contributed by atoms with Crippen molar-refractivity contribution in [2.75, 3.05) is 11.9 Å². The zero-order valence-electron chi connectivity index (χ0n) is 12.5. The van der Waals surface area contributed by atoms with Gasteiger partial charge in [-0.2, -0.15) is 5.10 Å². The highest BCUT2D eigenvalue weighted by atomic mass is 15.3. The van der Waals surface area contributed by atoms with Crippen molar-refractivity contribution in [3.63, 3.8) is 0 Å². The highest BCUT2D eigenvalue weighted by Gasteiger charge is 2.07. The molecule has 0 spiro atoms. The van der Waals surface area contributed by atoms with E-state index in [1.807, 2.05) is 23.1 Å². The molecule has 0 bridgehead atoms. The van der Waals surface area contributed by atoms with Crippen LogP contribution in [0.5, 0.6) is 0 Å². The van der Waals surface area contributed by atoms with Gasteiger partial charge < -0.3 is 5.32 Å². The van der Waals surface area contributed by atoms with Crippen LogP contribution in [0, 0.1) is 0 Å². The summed E-state index contributed by atoms with van der Waals surface area (Å²) < 4.78 is 1.95. The molecule has 0 aliphatic rings. The van der Waals surface area contributed by atoms with Gasteiger partial charge in [-0.25, -0.2) is 9.67 Å². The second-order valence-electron chi connectivity index (χ2n) is 5.48. The van der Waals surface area contributed by atoms with Crippen LogP contribution in [-0.4, -0.2) is 21.3 Å². The fourth-order valence-corrected chi connectivity index (χ4v) is 2.41. The molecule has 0 aliphatic heterocycles. The third-order valence-corrected chi connectivity index (χ3v) is 3.51. The van der Waals surface area contributed by atoms with E-state index in [1.165, 1.54) is 5.56 Å². The summed E-state index contributed by atoms with van der Waals surface area (Å²) in [6.45, 7) is 5.12. The minimum Gasteiger partial charge on any atom is -0.383 e. The smallest absolute Gasteiger partial charge is 0.158 e. The monoisotopic (exact) mass is 280 g/mol. The van der Waals surface area contributed by atoms with E-state index in [1.54, 1.807) is 0 Å². The van der Waals surface area contributed by atoms with Gasteiger partial charge in [-0.05, 0) is 31.9 Å². The highest BCUT2D eigenvalue weighted by Crippen LogP contribution is 2.18. The van der Waals surface area contributed by atoms with Gasteiger partial charge in [-0.3, -0.25) is 0 Å². The Hall–Kier alpha value is -2.36. The lowest BCUT2D eigenvalue weighted by atomic mass is 10.1. The Morgan fingerprint density at radius 2 is 1.95 bits per heavy atom. The van der Waals surface area contributed by atoms with E-state index in [0.717, 1.165) is 29.7 Å². The van der Waals surface area contributed by atoms with Crippen molar-refractivity contribution in [2.24, 2.45) is 0 Å². The minimum absolute atomic E-state index is 0.326. The highest BCUT2D eigenvalue weighted by molar-refractivity contribution is 5.78. The summed E-state index contributed by atoms with van der Waals surface area (Å²) in [5, 5.41) is 8.89. The lowest BCUT2D eigenvalue weighted by Gasteiger charge is -2.08. The molecular weight excluding hydrogens is 260 g/mol. The SMILES string of the molecule is CC(C)n1ncc2cc(NCCc3ccccc3)cnc21. The second kappa shape index (κ2) is 5.95. The van der Waals surface area contributed by atoms with Crippen molar-refractivity contribution < 1.29 is 0 Å². The Labute approximate surface area is 124 Å². The second-order valence-corrected chi connectivity index (χ2v) is 5.48. The van der Waals surface area contributed by atoms with Crippen molar-refractivity contribution in [3.05, 3.63) is 54.4 Å². The zero-order valence-corrected chi connectivity index (χ0v) is 12.5. The number of fused-ring (bicyclic) bond motifs is 1. The molecule has 3 rings (SSSR count). The summed E-state index contributed by atoms with van der Waals surface area (Å²) in [6.07, 6.45) is 4.77. The van der Waals surface area contributed by atoms with Gasteiger partial charge in [0.2, 0.25) is 0 Å². The summed E-state index contributed by atoms with van der Waals surface area (Å²) in [7, 11) is 0. The lowest BCUT2D eigenvalue weighted by Crippen LogP contribution is -2.06. The number of anilines is 1. The summed E-state index contributed by atoms with van der Waals surface area (Å²) in [5.74, 6) is 0. The minimum atomic E-state index is 0.326. The molecule has 0 aliphatic carbocycles. The van der Waals surface area contributed by atoms with Crippen LogP contribution >= 0.6 is 0 Å². The van der Waals surface area contributed by atoms with Crippen LogP contribution in [0.1, 0.15) is 25.5 Å². The Morgan fingerprint density at radius 3 is 2.71 bits per heavy atom. The van der Waals surface area contributed by atoms with Gasteiger partial charge in [0.1, 0.15) is 0 Å². The Kier molecular flexibility index (Phi) is 3.86. The van der Waals surface area contributed by atoms with Gasteiger partial charge in [0.25, 0.3) is 0 Å². The standard InChI is InChI=1S/C17H20N4/c1-13(2)21-17-15(11-20-21)10-16(12-19-17)18-9-8-14-6-4-3-5-7-14/h3-7,10-13,18H,8-9H2,1-2H3. The van der Waals surface area contributed by atoms with Crippen molar-refractivity contribution in [2.45, 2.75) is 26.3 Å². The molecule has 21 heavy (non-hydrogen) atoms. The molecule has 3 aromatic rings. The molecule has 0 atom stereocenters. The van der Waals surface area contributed by atoms with E-state index < -0.39 is 0 Å². The third-order valence-electron chi connectivity index (χ3n) is 3.51. The van der Waals surface area contributed by atoms with Gasteiger partial charge in [-0.15, -0.1) is 0 Å².